The van der Waals surface area contributed by atoms with Crippen molar-refractivity contribution in [3.05, 3.63) is 29.8 Å². The Hall–Kier alpha value is -1.36. The summed E-state index contributed by atoms with van der Waals surface area (Å²) in [5.41, 5.74) is 1.45. The monoisotopic (exact) mass is 363 g/mol. The van der Waals surface area contributed by atoms with Crippen molar-refractivity contribution < 1.29 is 13.2 Å². The number of hydrogen-bond donors (Lipinski definition) is 0. The first-order valence-electron chi connectivity index (χ1n) is 9.09. The summed E-state index contributed by atoms with van der Waals surface area (Å²) in [6.07, 6.45) is 3.26. The van der Waals surface area contributed by atoms with Gasteiger partial charge in [-0.15, -0.1) is 0 Å². The van der Waals surface area contributed by atoms with E-state index < -0.39 is 9.84 Å². The number of fused-ring (bicyclic) bond motifs is 2. The van der Waals surface area contributed by atoms with Crippen LogP contribution in [0, 0.1) is 17.8 Å². The average molecular weight is 364 g/mol. The first-order valence-corrected chi connectivity index (χ1v) is 10.7. The molecule has 1 heterocycles. The van der Waals surface area contributed by atoms with E-state index in [0.717, 1.165) is 31.4 Å². The maximum Gasteiger partial charge on any atom is 0.223 e. The third-order valence-corrected chi connectivity index (χ3v) is 7.43. The summed E-state index contributed by atoms with van der Waals surface area (Å²) >= 11 is 0. The molecule has 2 fully saturated rings. The molecule has 1 saturated heterocycles. The van der Waals surface area contributed by atoms with Crippen molar-refractivity contribution in [2.24, 2.45) is 10.8 Å². The topological polar surface area (TPSA) is 54.5 Å². The van der Waals surface area contributed by atoms with E-state index in [1.54, 1.807) is 24.3 Å². The number of nitrogens with zero attached hydrogens (tertiary/aromatic N) is 1. The van der Waals surface area contributed by atoms with Crippen LogP contribution in [0.15, 0.2) is 29.2 Å². The minimum Gasteiger partial charge on any atom is -0.339 e. The molecule has 2 aliphatic rings. The number of benzene rings is 1. The van der Waals surface area contributed by atoms with Crippen molar-refractivity contribution in [2.45, 2.75) is 64.3 Å². The van der Waals surface area contributed by atoms with Crippen LogP contribution >= 0.6 is 0 Å². The van der Waals surface area contributed by atoms with E-state index in [-0.39, 0.29) is 35.0 Å². The molecule has 3 rings (SSSR count). The van der Waals surface area contributed by atoms with E-state index in [2.05, 4.69) is 20.8 Å². The molecular weight excluding hydrogens is 334 g/mol. The van der Waals surface area contributed by atoms with Crippen LogP contribution in [-0.2, 0) is 14.6 Å². The molecule has 1 aromatic rings. The van der Waals surface area contributed by atoms with Crippen molar-refractivity contribution >= 4 is 15.7 Å². The molecule has 0 N–H and O–H groups in total. The molecule has 4 nitrogen and oxygen atoms in total. The van der Waals surface area contributed by atoms with E-state index >= 15 is 0 Å². The number of amides is 1. The van der Waals surface area contributed by atoms with Gasteiger partial charge in [-0.25, -0.2) is 8.42 Å². The normalized spacial score (nSPS) is 28.2. The van der Waals surface area contributed by atoms with E-state index in [9.17, 15) is 13.2 Å². The predicted molar refractivity (Wildman–Crippen MR) is 99.1 cm³/mol. The fourth-order valence-electron chi connectivity index (χ4n) is 4.98. The Morgan fingerprint density at radius 2 is 1.80 bits per heavy atom. The van der Waals surface area contributed by atoms with E-state index in [0.29, 0.717) is 4.90 Å². The van der Waals surface area contributed by atoms with Gasteiger partial charge in [-0.3, -0.25) is 4.79 Å². The molecule has 1 aromatic carbocycles. The second-order valence-electron chi connectivity index (χ2n) is 9.12. The Morgan fingerprint density at radius 3 is 2.44 bits per heavy atom. The summed E-state index contributed by atoms with van der Waals surface area (Å²) in [5.74, 6) is -0.125. The van der Waals surface area contributed by atoms with Crippen LogP contribution in [0.1, 0.15) is 52.0 Å². The van der Waals surface area contributed by atoms with Gasteiger partial charge in [-0.1, -0.05) is 38.5 Å². The SMILES string of the molecule is Cc1ccc(S(=O)(=O)CCC(=O)N2CC3(C)CC2CC(C)(C)C3)cc1. The van der Waals surface area contributed by atoms with Crippen LogP contribution in [0.4, 0.5) is 0 Å². The van der Waals surface area contributed by atoms with Crippen LogP contribution in [0.3, 0.4) is 0 Å². The molecule has 0 radical (unpaired) electrons. The van der Waals surface area contributed by atoms with E-state index in [1.807, 2.05) is 11.8 Å². The zero-order valence-corrected chi connectivity index (χ0v) is 16.5. The minimum absolute atomic E-state index is 0.0119. The maximum absolute atomic E-state index is 12.7. The summed E-state index contributed by atoms with van der Waals surface area (Å²) in [7, 11) is -3.41. The molecule has 1 aliphatic heterocycles. The Kier molecular flexibility index (Phi) is 4.51. The number of carbonyl (C=O) groups excluding carboxylic acids is 1. The minimum atomic E-state index is -3.41. The Balaban J connectivity index is 1.66. The molecule has 1 saturated carbocycles. The highest BCUT2D eigenvalue weighted by Gasteiger charge is 2.50. The number of rotatable bonds is 4. The average Bonchev–Trinajstić information content (AvgIpc) is 2.74. The summed E-state index contributed by atoms with van der Waals surface area (Å²) in [4.78, 5) is 15.0. The van der Waals surface area contributed by atoms with E-state index in [1.165, 1.54) is 0 Å². The number of likely N-dealkylation sites (tertiary alicyclic amines) is 1. The van der Waals surface area contributed by atoms with E-state index in [4.69, 9.17) is 0 Å². The van der Waals surface area contributed by atoms with Gasteiger partial charge in [0.25, 0.3) is 0 Å². The second-order valence-corrected chi connectivity index (χ2v) is 11.2. The number of sulfone groups is 1. The summed E-state index contributed by atoms with van der Waals surface area (Å²) in [5, 5.41) is 0. The largest absolute Gasteiger partial charge is 0.339 e. The summed E-state index contributed by atoms with van der Waals surface area (Å²) < 4.78 is 25.0. The van der Waals surface area contributed by atoms with Crippen LogP contribution in [0.5, 0.6) is 0 Å². The van der Waals surface area contributed by atoms with Crippen LogP contribution in [0.25, 0.3) is 0 Å². The van der Waals surface area contributed by atoms with Gasteiger partial charge in [-0.2, -0.15) is 0 Å². The standard InChI is InChI=1S/C20H29NO3S/c1-15-5-7-17(8-6-15)25(23,24)10-9-18(22)21-14-20(4)12-16(21)11-19(2,3)13-20/h5-8,16H,9-14H2,1-4H3. The molecule has 5 heteroatoms. The zero-order chi connectivity index (χ0) is 18.5. The molecule has 138 valence electrons. The third-order valence-electron chi connectivity index (χ3n) is 5.70. The van der Waals surface area contributed by atoms with Gasteiger partial charge < -0.3 is 4.90 Å². The highest BCUT2D eigenvalue weighted by molar-refractivity contribution is 7.91. The Bertz CT molecular complexity index is 767. The van der Waals surface area contributed by atoms with Crippen molar-refractivity contribution in [3.63, 3.8) is 0 Å². The van der Waals surface area contributed by atoms with Crippen molar-refractivity contribution in [1.82, 2.24) is 4.90 Å². The van der Waals surface area contributed by atoms with Gasteiger partial charge in [0.2, 0.25) is 5.91 Å². The lowest BCUT2D eigenvalue weighted by Gasteiger charge is -2.39. The number of hydrogen-bond acceptors (Lipinski definition) is 3. The van der Waals surface area contributed by atoms with Crippen LogP contribution in [-0.4, -0.2) is 37.6 Å². The molecule has 2 bridgehead atoms. The van der Waals surface area contributed by atoms with Gasteiger partial charge in [0.1, 0.15) is 0 Å². The molecule has 25 heavy (non-hydrogen) atoms. The zero-order valence-electron chi connectivity index (χ0n) is 15.7. The lowest BCUT2D eigenvalue weighted by atomic mass is 9.65. The second kappa shape index (κ2) is 6.11. The number of carbonyl (C=O) groups is 1. The Morgan fingerprint density at radius 1 is 1.16 bits per heavy atom. The summed E-state index contributed by atoms with van der Waals surface area (Å²) in [6, 6.07) is 7.11. The summed E-state index contributed by atoms with van der Waals surface area (Å²) in [6.45, 7) is 9.50. The van der Waals surface area contributed by atoms with Crippen molar-refractivity contribution in [1.29, 1.82) is 0 Å². The molecule has 2 atom stereocenters. The fourth-order valence-corrected chi connectivity index (χ4v) is 6.21. The third kappa shape index (κ3) is 3.91. The molecule has 0 aromatic heterocycles. The van der Waals surface area contributed by atoms with Gasteiger partial charge in [0.15, 0.2) is 9.84 Å². The van der Waals surface area contributed by atoms with Gasteiger partial charge in [0, 0.05) is 19.0 Å². The maximum atomic E-state index is 12.7. The first-order chi connectivity index (χ1) is 11.5. The van der Waals surface area contributed by atoms with Crippen LogP contribution < -0.4 is 0 Å². The fraction of sp³-hybridized carbons (Fsp3) is 0.650. The van der Waals surface area contributed by atoms with Gasteiger partial charge in [0.05, 0.1) is 10.6 Å². The molecule has 0 spiro atoms. The lowest BCUT2D eigenvalue weighted by Crippen LogP contribution is -2.38. The molecule has 2 unspecified atom stereocenters. The molecule has 1 amide bonds. The highest BCUT2D eigenvalue weighted by Crippen LogP contribution is 2.52. The Labute approximate surface area is 151 Å². The molecular formula is C20H29NO3S. The predicted octanol–water partition coefficient (Wildman–Crippen LogP) is 3.59. The smallest absolute Gasteiger partial charge is 0.223 e. The van der Waals surface area contributed by atoms with Gasteiger partial charge >= 0.3 is 0 Å². The first kappa shape index (κ1) is 18.4. The van der Waals surface area contributed by atoms with Crippen molar-refractivity contribution in [2.75, 3.05) is 12.3 Å². The lowest BCUT2D eigenvalue weighted by molar-refractivity contribution is -0.131. The van der Waals surface area contributed by atoms with Gasteiger partial charge in [-0.05, 0) is 49.1 Å². The number of aryl methyl sites for hydroxylation is 1. The highest BCUT2D eigenvalue weighted by atomic mass is 32.2. The van der Waals surface area contributed by atoms with Crippen LogP contribution in [0.2, 0.25) is 0 Å². The molecule has 1 aliphatic carbocycles. The quantitative estimate of drug-likeness (QED) is 0.821. The van der Waals surface area contributed by atoms with Crippen molar-refractivity contribution in [3.8, 4) is 0 Å².